The molecule has 1 aromatic rings. The summed E-state index contributed by atoms with van der Waals surface area (Å²) < 4.78 is 6.56. The Kier molecular flexibility index (Phi) is 3.15. The van der Waals surface area contributed by atoms with Crippen LogP contribution >= 0.6 is 15.9 Å². The minimum atomic E-state index is -0.00299. The number of hydrogen-bond acceptors (Lipinski definition) is 2. The van der Waals surface area contributed by atoms with Crippen molar-refractivity contribution in [2.24, 2.45) is 17.6 Å². The Hall–Kier alpha value is -0.540. The second kappa shape index (κ2) is 4.53. The fourth-order valence-corrected chi connectivity index (χ4v) is 4.35. The van der Waals surface area contributed by atoms with Gasteiger partial charge in [0.15, 0.2) is 0 Å². The van der Waals surface area contributed by atoms with Gasteiger partial charge in [0.05, 0.1) is 7.11 Å². The average Bonchev–Trinajstić information content (AvgIpc) is 2.89. The minimum absolute atomic E-state index is 0.00299. The normalized spacial score (nSPS) is 33.9. The van der Waals surface area contributed by atoms with Crippen LogP contribution in [0.1, 0.15) is 31.2 Å². The highest BCUT2D eigenvalue weighted by atomic mass is 79.9. The number of halogens is 1. The second-order valence-corrected chi connectivity index (χ2v) is 6.86. The van der Waals surface area contributed by atoms with Crippen LogP contribution in [0.2, 0.25) is 0 Å². The van der Waals surface area contributed by atoms with Gasteiger partial charge in [0, 0.05) is 10.0 Å². The molecule has 0 aliphatic heterocycles. The van der Waals surface area contributed by atoms with E-state index in [2.05, 4.69) is 22.0 Å². The van der Waals surface area contributed by atoms with E-state index in [1.807, 2.05) is 12.1 Å². The molecule has 0 heterocycles. The van der Waals surface area contributed by atoms with Crippen molar-refractivity contribution in [3.8, 4) is 5.75 Å². The molecule has 1 aromatic carbocycles. The highest BCUT2D eigenvalue weighted by Gasteiger charge is 2.48. The summed E-state index contributed by atoms with van der Waals surface area (Å²) in [5, 5.41) is 0. The Morgan fingerprint density at radius 1 is 1.44 bits per heavy atom. The summed E-state index contributed by atoms with van der Waals surface area (Å²) >= 11 is 3.54. The van der Waals surface area contributed by atoms with Crippen molar-refractivity contribution in [2.75, 3.05) is 7.11 Å². The molecule has 3 heteroatoms. The summed E-state index contributed by atoms with van der Waals surface area (Å²) in [6, 6.07) is 6.20. The molecule has 0 aromatic heterocycles. The first-order chi connectivity index (χ1) is 8.60. The van der Waals surface area contributed by atoms with Crippen molar-refractivity contribution in [3.63, 3.8) is 0 Å². The van der Waals surface area contributed by atoms with Crippen LogP contribution in [0.3, 0.4) is 0 Å². The molecule has 18 heavy (non-hydrogen) atoms. The van der Waals surface area contributed by atoms with Crippen molar-refractivity contribution in [3.05, 3.63) is 28.2 Å². The highest BCUT2D eigenvalue weighted by Crippen LogP contribution is 2.51. The zero-order chi connectivity index (χ0) is 12.8. The maximum atomic E-state index is 6.68. The maximum Gasteiger partial charge on any atom is 0.122 e. The van der Waals surface area contributed by atoms with Crippen LogP contribution in [0, 0.1) is 11.8 Å². The van der Waals surface area contributed by atoms with Crippen molar-refractivity contribution >= 4 is 15.9 Å². The number of ether oxygens (including phenoxy) is 1. The van der Waals surface area contributed by atoms with Gasteiger partial charge in [0.1, 0.15) is 5.75 Å². The molecule has 2 nitrogen and oxygen atoms in total. The van der Waals surface area contributed by atoms with E-state index in [0.717, 1.165) is 22.6 Å². The largest absolute Gasteiger partial charge is 0.496 e. The lowest BCUT2D eigenvalue weighted by molar-refractivity contribution is 0.266. The summed E-state index contributed by atoms with van der Waals surface area (Å²) in [5.74, 6) is 2.55. The fraction of sp³-hybridized carbons (Fsp3) is 0.600. The van der Waals surface area contributed by atoms with Crippen LogP contribution in [-0.2, 0) is 6.42 Å². The third-order valence-electron chi connectivity index (χ3n) is 4.79. The van der Waals surface area contributed by atoms with E-state index in [-0.39, 0.29) is 5.54 Å². The molecule has 0 spiro atoms. The third-order valence-corrected chi connectivity index (χ3v) is 5.28. The molecule has 2 fully saturated rings. The van der Waals surface area contributed by atoms with Gasteiger partial charge >= 0.3 is 0 Å². The van der Waals surface area contributed by atoms with Gasteiger partial charge in [-0.25, -0.2) is 0 Å². The van der Waals surface area contributed by atoms with Crippen molar-refractivity contribution in [1.29, 1.82) is 0 Å². The number of benzene rings is 1. The van der Waals surface area contributed by atoms with Crippen LogP contribution in [0.5, 0.6) is 5.75 Å². The van der Waals surface area contributed by atoms with Crippen LogP contribution in [-0.4, -0.2) is 12.6 Å². The second-order valence-electron chi connectivity index (χ2n) is 5.95. The van der Waals surface area contributed by atoms with Gasteiger partial charge in [0.25, 0.3) is 0 Å². The first-order valence-electron chi connectivity index (χ1n) is 6.72. The molecular formula is C15H20BrNO. The molecule has 2 aliphatic rings. The standard InChI is InChI=1S/C15H20BrNO/c1-18-14-5-4-13(16)7-11(14)9-15(17)8-10-2-3-12(15)6-10/h4-5,7,10,12H,2-3,6,8-9,17H2,1H3. The van der Waals surface area contributed by atoms with E-state index in [4.69, 9.17) is 10.5 Å². The van der Waals surface area contributed by atoms with Gasteiger partial charge in [-0.2, -0.15) is 0 Å². The third kappa shape index (κ3) is 2.08. The lowest BCUT2D eigenvalue weighted by atomic mass is 9.77. The van der Waals surface area contributed by atoms with E-state index in [1.54, 1.807) is 7.11 Å². The molecule has 0 amide bonds. The molecule has 0 saturated heterocycles. The van der Waals surface area contributed by atoms with Gasteiger partial charge in [-0.15, -0.1) is 0 Å². The molecule has 3 atom stereocenters. The lowest BCUT2D eigenvalue weighted by Crippen LogP contribution is -2.47. The van der Waals surface area contributed by atoms with Gasteiger partial charge < -0.3 is 10.5 Å². The van der Waals surface area contributed by atoms with E-state index >= 15 is 0 Å². The summed E-state index contributed by atoms with van der Waals surface area (Å²) in [7, 11) is 1.73. The van der Waals surface area contributed by atoms with Gasteiger partial charge in [0.2, 0.25) is 0 Å². The Morgan fingerprint density at radius 2 is 2.28 bits per heavy atom. The molecule has 2 aliphatic carbocycles. The topological polar surface area (TPSA) is 35.2 Å². The number of nitrogens with two attached hydrogens (primary N) is 1. The average molecular weight is 310 g/mol. The maximum absolute atomic E-state index is 6.68. The Morgan fingerprint density at radius 3 is 2.89 bits per heavy atom. The quantitative estimate of drug-likeness (QED) is 0.927. The molecule has 98 valence electrons. The molecule has 2 bridgehead atoms. The fourth-order valence-electron chi connectivity index (χ4n) is 3.94. The molecular weight excluding hydrogens is 290 g/mol. The summed E-state index contributed by atoms with van der Waals surface area (Å²) in [5.41, 5.74) is 7.91. The zero-order valence-electron chi connectivity index (χ0n) is 10.8. The lowest BCUT2D eigenvalue weighted by Gasteiger charge is -2.34. The van der Waals surface area contributed by atoms with Crippen LogP contribution in [0.25, 0.3) is 0 Å². The Balaban J connectivity index is 1.86. The molecule has 3 rings (SSSR count). The number of methoxy groups -OCH3 is 1. The minimum Gasteiger partial charge on any atom is -0.496 e. The SMILES string of the molecule is COc1ccc(Br)cc1CC1(N)CC2CCC1C2. The summed E-state index contributed by atoms with van der Waals surface area (Å²) in [4.78, 5) is 0. The van der Waals surface area contributed by atoms with Gasteiger partial charge in [-0.3, -0.25) is 0 Å². The predicted octanol–water partition coefficient (Wildman–Crippen LogP) is 3.52. The van der Waals surface area contributed by atoms with Gasteiger partial charge in [-0.1, -0.05) is 22.4 Å². The molecule has 0 radical (unpaired) electrons. The van der Waals surface area contributed by atoms with E-state index < -0.39 is 0 Å². The predicted molar refractivity (Wildman–Crippen MR) is 76.8 cm³/mol. The molecule has 3 unspecified atom stereocenters. The zero-order valence-corrected chi connectivity index (χ0v) is 12.4. The van der Waals surface area contributed by atoms with E-state index in [9.17, 15) is 0 Å². The van der Waals surface area contributed by atoms with E-state index in [1.165, 1.54) is 31.2 Å². The van der Waals surface area contributed by atoms with Crippen molar-refractivity contribution < 1.29 is 4.74 Å². The van der Waals surface area contributed by atoms with Crippen molar-refractivity contribution in [1.82, 2.24) is 0 Å². The van der Waals surface area contributed by atoms with Crippen LogP contribution in [0.15, 0.2) is 22.7 Å². The Labute approximate surface area is 117 Å². The highest BCUT2D eigenvalue weighted by molar-refractivity contribution is 9.10. The van der Waals surface area contributed by atoms with Gasteiger partial charge in [-0.05, 0) is 61.3 Å². The smallest absolute Gasteiger partial charge is 0.122 e. The van der Waals surface area contributed by atoms with Crippen molar-refractivity contribution in [2.45, 2.75) is 37.6 Å². The first-order valence-corrected chi connectivity index (χ1v) is 7.51. The number of hydrogen-bond donors (Lipinski definition) is 1. The summed E-state index contributed by atoms with van der Waals surface area (Å²) in [6.07, 6.45) is 6.17. The Bertz CT molecular complexity index is 462. The molecule has 2 saturated carbocycles. The monoisotopic (exact) mass is 309 g/mol. The van der Waals surface area contributed by atoms with Crippen LogP contribution in [0.4, 0.5) is 0 Å². The van der Waals surface area contributed by atoms with E-state index in [0.29, 0.717) is 5.92 Å². The summed E-state index contributed by atoms with van der Waals surface area (Å²) in [6.45, 7) is 0. The number of fused-ring (bicyclic) bond motifs is 2. The van der Waals surface area contributed by atoms with Crippen LogP contribution < -0.4 is 10.5 Å². The number of rotatable bonds is 3. The first kappa shape index (κ1) is 12.5. The molecule has 2 N–H and O–H groups in total.